The molecule has 1 amide bonds. The van der Waals surface area contributed by atoms with Crippen LogP contribution in [-0.2, 0) is 11.3 Å². The summed E-state index contributed by atoms with van der Waals surface area (Å²) in [6.45, 7) is 3.84. The van der Waals surface area contributed by atoms with E-state index < -0.39 is 11.9 Å². The van der Waals surface area contributed by atoms with Crippen LogP contribution >= 0.6 is 11.6 Å². The first-order valence-electron chi connectivity index (χ1n) is 8.73. The Morgan fingerprint density at radius 2 is 1.93 bits per heavy atom. The molecule has 8 heteroatoms. The molecule has 1 N–H and O–H groups in total. The van der Waals surface area contributed by atoms with E-state index in [4.69, 9.17) is 25.6 Å². The molecule has 0 bridgehead atoms. The molecule has 2 aromatic carbocycles. The summed E-state index contributed by atoms with van der Waals surface area (Å²) in [5.41, 5.74) is 2.44. The zero-order chi connectivity index (χ0) is 21.0. The minimum atomic E-state index is -0.527. The van der Waals surface area contributed by atoms with Crippen molar-refractivity contribution in [2.45, 2.75) is 20.5 Å². The predicted molar refractivity (Wildman–Crippen MR) is 107 cm³/mol. The Bertz CT molecular complexity index is 1040. The first-order valence-corrected chi connectivity index (χ1v) is 9.11. The number of aromatic nitrogens is 1. The van der Waals surface area contributed by atoms with Crippen LogP contribution in [0.2, 0.25) is 5.02 Å². The highest BCUT2D eigenvalue weighted by Crippen LogP contribution is 2.26. The second-order valence-electron chi connectivity index (χ2n) is 6.23. The van der Waals surface area contributed by atoms with Crippen LogP contribution in [0.3, 0.4) is 0 Å². The monoisotopic (exact) mass is 414 g/mol. The molecule has 0 radical (unpaired) electrons. The van der Waals surface area contributed by atoms with Gasteiger partial charge in [0.2, 0.25) is 0 Å². The molecule has 0 saturated carbocycles. The predicted octanol–water partition coefficient (Wildman–Crippen LogP) is 4.56. The van der Waals surface area contributed by atoms with Gasteiger partial charge in [-0.2, -0.15) is 0 Å². The number of para-hydroxylation sites is 1. The number of rotatable bonds is 6. The van der Waals surface area contributed by atoms with Gasteiger partial charge in [-0.05, 0) is 44.2 Å². The third kappa shape index (κ3) is 4.57. The molecule has 3 aromatic rings. The van der Waals surface area contributed by atoms with E-state index in [1.807, 2.05) is 6.92 Å². The van der Waals surface area contributed by atoms with Crippen molar-refractivity contribution in [2.75, 3.05) is 12.4 Å². The maximum atomic E-state index is 12.8. The number of halogens is 1. The minimum Gasteiger partial charge on any atom is -0.488 e. The number of amides is 1. The number of esters is 1. The molecule has 29 heavy (non-hydrogen) atoms. The smallest absolute Gasteiger partial charge is 0.337 e. The van der Waals surface area contributed by atoms with Gasteiger partial charge in [0, 0.05) is 0 Å². The quantitative estimate of drug-likeness (QED) is 0.594. The minimum absolute atomic E-state index is 0.212. The van der Waals surface area contributed by atoms with Gasteiger partial charge < -0.3 is 19.3 Å². The second-order valence-corrected chi connectivity index (χ2v) is 6.64. The number of anilines is 1. The maximum Gasteiger partial charge on any atom is 0.337 e. The highest BCUT2D eigenvalue weighted by Gasteiger charge is 2.17. The Balaban J connectivity index is 1.81. The number of carbonyl (C=O) groups is 2. The van der Waals surface area contributed by atoms with Crippen molar-refractivity contribution in [1.82, 2.24) is 5.16 Å². The highest BCUT2D eigenvalue weighted by atomic mass is 35.5. The van der Waals surface area contributed by atoms with Crippen molar-refractivity contribution in [2.24, 2.45) is 0 Å². The normalized spacial score (nSPS) is 10.5. The van der Waals surface area contributed by atoms with Gasteiger partial charge in [0.15, 0.2) is 0 Å². The average molecular weight is 415 g/mol. The van der Waals surface area contributed by atoms with Gasteiger partial charge in [-0.15, -0.1) is 0 Å². The number of methoxy groups -OCH3 is 1. The van der Waals surface area contributed by atoms with E-state index in [-0.39, 0.29) is 12.2 Å². The zero-order valence-corrected chi connectivity index (χ0v) is 16.9. The highest BCUT2D eigenvalue weighted by molar-refractivity contribution is 6.34. The molecule has 0 unspecified atom stereocenters. The van der Waals surface area contributed by atoms with E-state index in [2.05, 4.69) is 10.5 Å². The molecule has 0 spiro atoms. The first kappa shape index (κ1) is 20.4. The number of aryl methyl sites for hydroxylation is 2. The van der Waals surface area contributed by atoms with Crippen LogP contribution in [0, 0.1) is 13.8 Å². The molecule has 0 fully saturated rings. The Kier molecular flexibility index (Phi) is 6.19. The topological polar surface area (TPSA) is 90.7 Å². The van der Waals surface area contributed by atoms with Crippen molar-refractivity contribution in [3.8, 4) is 5.75 Å². The number of hydrogen-bond acceptors (Lipinski definition) is 6. The van der Waals surface area contributed by atoms with Gasteiger partial charge in [0.05, 0.1) is 40.2 Å². The van der Waals surface area contributed by atoms with Gasteiger partial charge in [-0.25, -0.2) is 4.79 Å². The van der Waals surface area contributed by atoms with Gasteiger partial charge in [-0.3, -0.25) is 4.79 Å². The van der Waals surface area contributed by atoms with E-state index in [1.54, 1.807) is 31.2 Å². The Morgan fingerprint density at radius 1 is 1.17 bits per heavy atom. The fourth-order valence-corrected chi connectivity index (χ4v) is 2.86. The molecule has 3 rings (SSSR count). The summed E-state index contributed by atoms with van der Waals surface area (Å²) in [7, 11) is 1.28. The largest absolute Gasteiger partial charge is 0.488 e. The van der Waals surface area contributed by atoms with Crippen molar-refractivity contribution in [3.05, 3.63) is 75.6 Å². The lowest BCUT2D eigenvalue weighted by molar-refractivity contribution is 0.0600. The lowest BCUT2D eigenvalue weighted by atomic mass is 10.1. The number of benzene rings is 2. The molecule has 150 valence electrons. The van der Waals surface area contributed by atoms with Crippen molar-refractivity contribution < 1.29 is 23.6 Å². The molecule has 0 aliphatic heterocycles. The van der Waals surface area contributed by atoms with Crippen molar-refractivity contribution in [1.29, 1.82) is 0 Å². The second kappa shape index (κ2) is 8.79. The summed E-state index contributed by atoms with van der Waals surface area (Å²) in [4.78, 5) is 24.6. The molecule has 0 atom stereocenters. The molecule has 0 aliphatic rings. The SMILES string of the molecule is COC(=O)c1ccc(Cl)c(NC(=O)c2ccccc2OCc2c(C)noc2C)c1. The Hall–Kier alpha value is -3.32. The average Bonchev–Trinajstić information content (AvgIpc) is 3.05. The third-order valence-electron chi connectivity index (χ3n) is 4.32. The first-order chi connectivity index (χ1) is 13.9. The van der Waals surface area contributed by atoms with Crippen molar-refractivity contribution in [3.63, 3.8) is 0 Å². The standard InChI is InChI=1S/C21H19ClN2O5/c1-12-16(13(2)29-24-12)11-28-19-7-5-4-6-15(19)20(25)23-18-10-14(21(26)27-3)8-9-17(18)22/h4-10H,11H2,1-3H3,(H,23,25). The van der Waals surface area contributed by atoms with Gasteiger partial charge >= 0.3 is 5.97 Å². The maximum absolute atomic E-state index is 12.8. The Labute approximate surface area is 172 Å². The number of ether oxygens (including phenoxy) is 2. The van der Waals surface area contributed by atoms with E-state index in [9.17, 15) is 9.59 Å². The molecule has 1 heterocycles. The summed E-state index contributed by atoms with van der Waals surface area (Å²) in [5, 5.41) is 6.90. The van der Waals surface area contributed by atoms with E-state index in [0.717, 1.165) is 11.3 Å². The third-order valence-corrected chi connectivity index (χ3v) is 4.65. The summed E-state index contributed by atoms with van der Waals surface area (Å²) < 4.78 is 15.7. The number of nitrogens with one attached hydrogen (secondary N) is 1. The van der Waals surface area contributed by atoms with Gasteiger partial charge in [-0.1, -0.05) is 28.9 Å². The van der Waals surface area contributed by atoms with E-state index in [0.29, 0.717) is 27.8 Å². The lowest BCUT2D eigenvalue weighted by Crippen LogP contribution is -2.14. The molecule has 0 saturated heterocycles. The number of nitrogens with zero attached hydrogens (tertiary/aromatic N) is 1. The molecule has 0 aliphatic carbocycles. The molecule has 1 aromatic heterocycles. The summed E-state index contributed by atoms with van der Waals surface area (Å²) in [5.74, 6) is 0.102. The van der Waals surface area contributed by atoms with Gasteiger partial charge in [0.25, 0.3) is 5.91 Å². The number of carbonyl (C=O) groups excluding carboxylic acids is 2. The number of hydrogen-bond donors (Lipinski definition) is 1. The van der Waals surface area contributed by atoms with Crippen LogP contribution < -0.4 is 10.1 Å². The fourth-order valence-electron chi connectivity index (χ4n) is 2.69. The van der Waals surface area contributed by atoms with Crippen LogP contribution in [0.25, 0.3) is 0 Å². The summed E-state index contributed by atoms with van der Waals surface area (Å²) >= 11 is 6.16. The van der Waals surface area contributed by atoms with Crippen LogP contribution in [0.15, 0.2) is 47.0 Å². The van der Waals surface area contributed by atoms with E-state index in [1.165, 1.54) is 25.3 Å². The molecular formula is C21H19ClN2O5. The summed E-state index contributed by atoms with van der Waals surface area (Å²) in [6, 6.07) is 11.3. The van der Waals surface area contributed by atoms with Crippen LogP contribution in [0.4, 0.5) is 5.69 Å². The van der Waals surface area contributed by atoms with E-state index >= 15 is 0 Å². The van der Waals surface area contributed by atoms with Crippen LogP contribution in [0.1, 0.15) is 37.7 Å². The molecule has 7 nitrogen and oxygen atoms in total. The van der Waals surface area contributed by atoms with Crippen LogP contribution in [-0.4, -0.2) is 24.1 Å². The van der Waals surface area contributed by atoms with Gasteiger partial charge in [0.1, 0.15) is 18.1 Å². The fraction of sp³-hybridized carbons (Fsp3) is 0.190. The Morgan fingerprint density at radius 3 is 2.62 bits per heavy atom. The molecular weight excluding hydrogens is 396 g/mol. The van der Waals surface area contributed by atoms with Crippen LogP contribution in [0.5, 0.6) is 5.75 Å². The lowest BCUT2D eigenvalue weighted by Gasteiger charge is -2.13. The summed E-state index contributed by atoms with van der Waals surface area (Å²) in [6.07, 6.45) is 0. The zero-order valence-electron chi connectivity index (χ0n) is 16.1. The van der Waals surface area contributed by atoms with Crippen molar-refractivity contribution >= 4 is 29.2 Å².